The van der Waals surface area contributed by atoms with E-state index in [4.69, 9.17) is 11.6 Å². The van der Waals surface area contributed by atoms with Gasteiger partial charge in [-0.15, -0.1) is 5.10 Å². The molecule has 3 rings (SSSR count). The van der Waals surface area contributed by atoms with Gasteiger partial charge in [0.1, 0.15) is 0 Å². The van der Waals surface area contributed by atoms with E-state index in [1.807, 2.05) is 26.8 Å². The van der Waals surface area contributed by atoms with E-state index in [1.54, 1.807) is 28.8 Å². The van der Waals surface area contributed by atoms with Gasteiger partial charge in [0.15, 0.2) is 0 Å². The monoisotopic (exact) mass is 361 g/mol. The van der Waals surface area contributed by atoms with Crippen LogP contribution in [0.1, 0.15) is 18.3 Å². The summed E-state index contributed by atoms with van der Waals surface area (Å²) in [5.41, 5.74) is 2.50. The molecule has 0 fully saturated rings. The lowest BCUT2D eigenvalue weighted by atomic mass is 10.3. The van der Waals surface area contributed by atoms with Gasteiger partial charge in [0.25, 0.3) is 5.78 Å². The molecule has 1 aromatic carbocycles. The molecule has 1 atom stereocenters. The first-order valence-electron chi connectivity index (χ1n) is 7.36. The Morgan fingerprint density at radius 3 is 2.83 bits per heavy atom. The van der Waals surface area contributed by atoms with Crippen molar-refractivity contribution in [2.75, 3.05) is 5.32 Å². The molecule has 0 aliphatic heterocycles. The summed E-state index contributed by atoms with van der Waals surface area (Å²) in [4.78, 5) is 21.0. The van der Waals surface area contributed by atoms with E-state index in [9.17, 15) is 4.79 Å². The van der Waals surface area contributed by atoms with Crippen LogP contribution in [0.3, 0.4) is 0 Å². The van der Waals surface area contributed by atoms with Crippen LogP contribution in [0.4, 0.5) is 5.69 Å². The van der Waals surface area contributed by atoms with Crippen molar-refractivity contribution in [3.05, 3.63) is 46.7 Å². The lowest BCUT2D eigenvalue weighted by Gasteiger charge is -2.10. The second-order valence-corrected chi connectivity index (χ2v) is 7.15. The molecule has 124 valence electrons. The number of aryl methyl sites for hydroxylation is 2. The largest absolute Gasteiger partial charge is 0.325 e. The molecular formula is C16H16ClN5OS. The number of hydrogen-bond donors (Lipinski definition) is 1. The van der Waals surface area contributed by atoms with Crippen LogP contribution in [-0.2, 0) is 4.79 Å². The second kappa shape index (κ2) is 6.78. The predicted molar refractivity (Wildman–Crippen MR) is 95.7 cm³/mol. The molecule has 0 spiro atoms. The highest BCUT2D eigenvalue weighted by atomic mass is 35.5. The highest BCUT2D eigenvalue weighted by molar-refractivity contribution is 8.00. The zero-order valence-electron chi connectivity index (χ0n) is 13.4. The fraction of sp³-hybridized carbons (Fsp3) is 0.250. The number of benzene rings is 1. The summed E-state index contributed by atoms with van der Waals surface area (Å²) >= 11 is 7.21. The van der Waals surface area contributed by atoms with Crippen LogP contribution in [-0.4, -0.2) is 30.7 Å². The topological polar surface area (TPSA) is 72.2 Å². The first-order chi connectivity index (χ1) is 11.4. The Kier molecular flexibility index (Phi) is 4.73. The molecule has 3 aromatic rings. The Morgan fingerprint density at radius 2 is 2.08 bits per heavy atom. The van der Waals surface area contributed by atoms with Crippen LogP contribution in [0.5, 0.6) is 0 Å². The zero-order chi connectivity index (χ0) is 17.3. The van der Waals surface area contributed by atoms with Crippen molar-refractivity contribution in [3.63, 3.8) is 0 Å². The molecule has 0 unspecified atom stereocenters. The minimum atomic E-state index is -0.359. The van der Waals surface area contributed by atoms with Gasteiger partial charge in [-0.1, -0.05) is 29.4 Å². The maximum absolute atomic E-state index is 12.3. The van der Waals surface area contributed by atoms with Gasteiger partial charge < -0.3 is 5.32 Å². The molecule has 0 aliphatic rings. The van der Waals surface area contributed by atoms with E-state index in [1.165, 1.54) is 11.8 Å². The SMILES string of the molecule is Cc1cc(C)n2nc(S[C@H](C)C(=O)Nc3cccc(Cl)c3)nc2n1. The Balaban J connectivity index is 1.73. The molecule has 1 N–H and O–H groups in total. The Hall–Kier alpha value is -2.12. The van der Waals surface area contributed by atoms with E-state index in [2.05, 4.69) is 20.4 Å². The Labute approximate surface area is 148 Å². The maximum atomic E-state index is 12.3. The zero-order valence-corrected chi connectivity index (χ0v) is 15.0. The minimum absolute atomic E-state index is 0.137. The molecule has 24 heavy (non-hydrogen) atoms. The molecule has 8 heteroatoms. The number of aromatic nitrogens is 4. The molecule has 6 nitrogen and oxygen atoms in total. The fourth-order valence-corrected chi connectivity index (χ4v) is 3.16. The van der Waals surface area contributed by atoms with Gasteiger partial charge >= 0.3 is 0 Å². The van der Waals surface area contributed by atoms with Crippen molar-refractivity contribution < 1.29 is 4.79 Å². The molecular weight excluding hydrogens is 346 g/mol. The van der Waals surface area contributed by atoms with Gasteiger partial charge in [-0.3, -0.25) is 4.79 Å². The third kappa shape index (κ3) is 3.68. The number of rotatable bonds is 4. The average Bonchev–Trinajstić information content (AvgIpc) is 2.89. The smallest absolute Gasteiger partial charge is 0.253 e. The number of anilines is 1. The van der Waals surface area contributed by atoms with Crippen molar-refractivity contribution in [3.8, 4) is 0 Å². The van der Waals surface area contributed by atoms with Crippen molar-refractivity contribution in [1.82, 2.24) is 19.6 Å². The van der Waals surface area contributed by atoms with Crippen LogP contribution < -0.4 is 5.32 Å². The van der Waals surface area contributed by atoms with Gasteiger partial charge in [-0.05, 0) is 45.0 Å². The highest BCUT2D eigenvalue weighted by Crippen LogP contribution is 2.22. The molecule has 1 amide bonds. The van der Waals surface area contributed by atoms with Crippen molar-refractivity contribution in [2.45, 2.75) is 31.2 Å². The Bertz CT molecular complexity index is 911. The third-order valence-electron chi connectivity index (χ3n) is 3.34. The van der Waals surface area contributed by atoms with Crippen LogP contribution in [0, 0.1) is 13.8 Å². The van der Waals surface area contributed by atoms with Crippen LogP contribution in [0.15, 0.2) is 35.5 Å². The molecule has 0 saturated heterocycles. The molecule has 0 aliphatic carbocycles. The first kappa shape index (κ1) is 16.7. The van der Waals surface area contributed by atoms with Gasteiger partial charge in [0.2, 0.25) is 11.1 Å². The molecule has 2 heterocycles. The number of nitrogens with one attached hydrogen (secondary N) is 1. The maximum Gasteiger partial charge on any atom is 0.253 e. The number of nitrogens with zero attached hydrogens (tertiary/aromatic N) is 4. The van der Waals surface area contributed by atoms with Gasteiger partial charge in [0.05, 0.1) is 5.25 Å². The van der Waals surface area contributed by atoms with E-state index in [0.29, 0.717) is 21.6 Å². The van der Waals surface area contributed by atoms with Crippen LogP contribution in [0.25, 0.3) is 5.78 Å². The van der Waals surface area contributed by atoms with Crippen molar-refractivity contribution in [1.29, 1.82) is 0 Å². The van der Waals surface area contributed by atoms with E-state index < -0.39 is 0 Å². The second-order valence-electron chi connectivity index (χ2n) is 5.40. The summed E-state index contributed by atoms with van der Waals surface area (Å²) in [5, 5.41) is 7.97. The first-order valence-corrected chi connectivity index (χ1v) is 8.62. The Morgan fingerprint density at radius 1 is 1.29 bits per heavy atom. The summed E-state index contributed by atoms with van der Waals surface area (Å²) in [6.07, 6.45) is 0. The number of halogens is 1. The van der Waals surface area contributed by atoms with Crippen LogP contribution in [0.2, 0.25) is 5.02 Å². The predicted octanol–water partition coefficient (Wildman–Crippen LogP) is 3.51. The minimum Gasteiger partial charge on any atom is -0.325 e. The normalized spacial score (nSPS) is 12.3. The number of hydrogen-bond acceptors (Lipinski definition) is 5. The third-order valence-corrected chi connectivity index (χ3v) is 4.53. The fourth-order valence-electron chi connectivity index (χ4n) is 2.22. The number of amides is 1. The van der Waals surface area contributed by atoms with Crippen molar-refractivity contribution >= 4 is 40.7 Å². The van der Waals surface area contributed by atoms with Crippen LogP contribution >= 0.6 is 23.4 Å². The molecule has 2 aromatic heterocycles. The summed E-state index contributed by atoms with van der Waals surface area (Å²) in [6, 6.07) is 8.98. The highest BCUT2D eigenvalue weighted by Gasteiger charge is 2.18. The molecule has 0 radical (unpaired) electrons. The quantitative estimate of drug-likeness (QED) is 0.720. The van der Waals surface area contributed by atoms with Gasteiger partial charge in [-0.25, -0.2) is 9.50 Å². The van der Waals surface area contributed by atoms with E-state index >= 15 is 0 Å². The molecule has 0 saturated carbocycles. The van der Waals surface area contributed by atoms with E-state index in [0.717, 1.165) is 11.4 Å². The number of carbonyl (C=O) groups is 1. The molecule has 0 bridgehead atoms. The van der Waals surface area contributed by atoms with Crippen molar-refractivity contribution in [2.24, 2.45) is 0 Å². The van der Waals surface area contributed by atoms with Gasteiger partial charge in [0, 0.05) is 22.1 Å². The van der Waals surface area contributed by atoms with E-state index in [-0.39, 0.29) is 11.2 Å². The summed E-state index contributed by atoms with van der Waals surface area (Å²) < 4.78 is 1.68. The van der Waals surface area contributed by atoms with Gasteiger partial charge in [-0.2, -0.15) is 4.98 Å². The lowest BCUT2D eigenvalue weighted by molar-refractivity contribution is -0.115. The summed E-state index contributed by atoms with van der Waals surface area (Å²) in [6.45, 7) is 5.66. The summed E-state index contributed by atoms with van der Waals surface area (Å²) in [7, 11) is 0. The lowest BCUT2D eigenvalue weighted by Crippen LogP contribution is -2.22. The average molecular weight is 362 g/mol. The number of fused-ring (bicyclic) bond motifs is 1. The summed E-state index contributed by atoms with van der Waals surface area (Å²) in [5.74, 6) is 0.402. The number of thioether (sulfide) groups is 1. The standard InChI is InChI=1S/C16H16ClN5OS/c1-9-7-10(2)22-15(18-9)20-16(21-22)24-11(3)14(23)19-13-6-4-5-12(17)8-13/h4-8,11H,1-3H3,(H,19,23)/t11-/m1/s1. The number of carbonyl (C=O) groups excluding carboxylic acids is 1.